The lowest BCUT2D eigenvalue weighted by Crippen LogP contribution is -2.45. The van der Waals surface area contributed by atoms with Gasteiger partial charge in [0.2, 0.25) is 5.91 Å². The van der Waals surface area contributed by atoms with Crippen LogP contribution in [0.3, 0.4) is 0 Å². The summed E-state index contributed by atoms with van der Waals surface area (Å²) in [5.74, 6) is -1.85. The van der Waals surface area contributed by atoms with E-state index in [1.54, 1.807) is 12.1 Å². The fourth-order valence-electron chi connectivity index (χ4n) is 2.17. The first-order chi connectivity index (χ1) is 9.59. The van der Waals surface area contributed by atoms with E-state index in [4.69, 9.17) is 5.11 Å². The van der Waals surface area contributed by atoms with E-state index < -0.39 is 17.9 Å². The van der Waals surface area contributed by atoms with E-state index in [9.17, 15) is 14.4 Å². The molecule has 2 N–H and O–H groups in total. The fourth-order valence-corrected chi connectivity index (χ4v) is 2.17. The second kappa shape index (κ2) is 6.14. The molecule has 1 atom stereocenters. The van der Waals surface area contributed by atoms with Crippen LogP contribution in [0, 0.1) is 0 Å². The molecule has 0 bridgehead atoms. The molecule has 2 heterocycles. The molecule has 0 unspecified atom stereocenters. The van der Waals surface area contributed by atoms with E-state index in [2.05, 4.69) is 10.3 Å². The molecule has 1 aliphatic rings. The summed E-state index contributed by atoms with van der Waals surface area (Å²) in [7, 11) is 0. The van der Waals surface area contributed by atoms with Crippen molar-refractivity contribution in [2.75, 3.05) is 13.1 Å². The first kappa shape index (κ1) is 14.0. The van der Waals surface area contributed by atoms with Crippen molar-refractivity contribution < 1.29 is 19.5 Å². The topological polar surface area (TPSA) is 99.6 Å². The average Bonchev–Trinajstić information content (AvgIpc) is 2.95. The molecule has 7 nitrogen and oxygen atoms in total. The number of carboxylic acids is 1. The average molecular weight is 277 g/mol. The second-order valence-electron chi connectivity index (χ2n) is 4.48. The van der Waals surface area contributed by atoms with Crippen molar-refractivity contribution in [2.45, 2.75) is 18.9 Å². The van der Waals surface area contributed by atoms with Gasteiger partial charge in [-0.25, -0.2) is 4.79 Å². The van der Waals surface area contributed by atoms with Crippen LogP contribution >= 0.6 is 0 Å². The molecule has 2 amide bonds. The summed E-state index contributed by atoms with van der Waals surface area (Å²) in [4.78, 5) is 39.8. The van der Waals surface area contributed by atoms with Gasteiger partial charge in [-0.15, -0.1) is 0 Å². The lowest BCUT2D eigenvalue weighted by atomic mass is 10.2. The molecule has 0 aromatic carbocycles. The van der Waals surface area contributed by atoms with E-state index in [-0.39, 0.29) is 18.1 Å². The number of nitrogens with zero attached hydrogens (tertiary/aromatic N) is 2. The number of carboxylic acid groups (broad SMARTS) is 1. The number of pyridine rings is 1. The van der Waals surface area contributed by atoms with Crippen molar-refractivity contribution in [3.63, 3.8) is 0 Å². The number of nitrogens with one attached hydrogen (secondary N) is 1. The Morgan fingerprint density at radius 2 is 2.20 bits per heavy atom. The molecular formula is C13H15N3O4. The Morgan fingerprint density at radius 3 is 2.85 bits per heavy atom. The van der Waals surface area contributed by atoms with Crippen molar-refractivity contribution in [3.8, 4) is 0 Å². The van der Waals surface area contributed by atoms with E-state index in [1.807, 2.05) is 0 Å². The molecule has 0 spiro atoms. The Balaban J connectivity index is 1.89. The Hall–Kier alpha value is -2.44. The normalized spacial score (nSPS) is 17.8. The zero-order valence-electron chi connectivity index (χ0n) is 10.8. The van der Waals surface area contributed by atoms with E-state index in [1.165, 1.54) is 17.2 Å². The molecule has 1 aliphatic heterocycles. The largest absolute Gasteiger partial charge is 0.480 e. The summed E-state index contributed by atoms with van der Waals surface area (Å²) in [6.45, 7) is 0.189. The highest BCUT2D eigenvalue weighted by Gasteiger charge is 2.33. The van der Waals surface area contributed by atoms with Crippen molar-refractivity contribution in [1.82, 2.24) is 15.2 Å². The first-order valence-electron chi connectivity index (χ1n) is 6.31. The number of aliphatic carboxylic acids is 1. The van der Waals surface area contributed by atoms with Crippen LogP contribution in [0.4, 0.5) is 0 Å². The quantitative estimate of drug-likeness (QED) is 0.799. The van der Waals surface area contributed by atoms with Crippen LogP contribution in [0.15, 0.2) is 24.4 Å². The first-order valence-corrected chi connectivity index (χ1v) is 6.31. The molecular weight excluding hydrogens is 262 g/mol. The van der Waals surface area contributed by atoms with E-state index in [0.29, 0.717) is 19.4 Å². The summed E-state index contributed by atoms with van der Waals surface area (Å²) in [5.41, 5.74) is 0.219. The molecule has 0 radical (unpaired) electrons. The molecule has 0 saturated carbocycles. The Kier molecular flexibility index (Phi) is 4.29. The minimum Gasteiger partial charge on any atom is -0.480 e. The number of amides is 2. The van der Waals surface area contributed by atoms with Gasteiger partial charge < -0.3 is 15.3 Å². The maximum absolute atomic E-state index is 11.9. The van der Waals surface area contributed by atoms with Crippen molar-refractivity contribution in [1.29, 1.82) is 0 Å². The molecule has 106 valence electrons. The molecule has 7 heteroatoms. The molecule has 0 aliphatic carbocycles. The van der Waals surface area contributed by atoms with Gasteiger partial charge in [0.15, 0.2) is 0 Å². The van der Waals surface area contributed by atoms with Gasteiger partial charge in [0, 0.05) is 12.7 Å². The van der Waals surface area contributed by atoms with Gasteiger partial charge >= 0.3 is 5.97 Å². The smallest absolute Gasteiger partial charge is 0.326 e. The number of likely N-dealkylation sites (tertiary alicyclic amines) is 1. The zero-order chi connectivity index (χ0) is 14.5. The number of carbonyl (C=O) groups is 3. The van der Waals surface area contributed by atoms with Gasteiger partial charge in [0.1, 0.15) is 11.7 Å². The maximum Gasteiger partial charge on any atom is 0.326 e. The number of hydrogen-bond donors (Lipinski definition) is 2. The van der Waals surface area contributed by atoms with Crippen molar-refractivity contribution in [3.05, 3.63) is 30.1 Å². The summed E-state index contributed by atoms with van der Waals surface area (Å²) in [6, 6.07) is 4.11. The van der Waals surface area contributed by atoms with Gasteiger partial charge in [-0.05, 0) is 25.0 Å². The highest BCUT2D eigenvalue weighted by molar-refractivity contribution is 5.95. The van der Waals surface area contributed by atoms with E-state index >= 15 is 0 Å². The van der Waals surface area contributed by atoms with Gasteiger partial charge in [0.05, 0.1) is 6.54 Å². The third-order valence-electron chi connectivity index (χ3n) is 3.16. The molecule has 1 aromatic heterocycles. The summed E-state index contributed by atoms with van der Waals surface area (Å²) in [6.07, 6.45) is 2.60. The van der Waals surface area contributed by atoms with Gasteiger partial charge in [-0.1, -0.05) is 6.07 Å². The number of hydrogen-bond acceptors (Lipinski definition) is 4. The predicted octanol–water partition coefficient (Wildman–Crippen LogP) is -0.113. The minimum absolute atomic E-state index is 0.219. The zero-order valence-corrected chi connectivity index (χ0v) is 10.8. The second-order valence-corrected chi connectivity index (χ2v) is 4.48. The highest BCUT2D eigenvalue weighted by Crippen LogP contribution is 2.17. The van der Waals surface area contributed by atoms with Crippen LogP contribution < -0.4 is 5.32 Å². The fraction of sp³-hybridized carbons (Fsp3) is 0.385. The SMILES string of the molecule is O=C(NCC(=O)N1CCC[C@H]1C(=O)O)c1ccccn1. The predicted molar refractivity (Wildman–Crippen MR) is 68.9 cm³/mol. The Morgan fingerprint density at radius 1 is 1.40 bits per heavy atom. The van der Waals surface area contributed by atoms with Gasteiger partial charge in [-0.2, -0.15) is 0 Å². The maximum atomic E-state index is 11.9. The third-order valence-corrected chi connectivity index (χ3v) is 3.16. The molecule has 2 rings (SSSR count). The van der Waals surface area contributed by atoms with Crippen LogP contribution in [-0.4, -0.2) is 51.9 Å². The molecule has 1 saturated heterocycles. The third kappa shape index (κ3) is 3.11. The van der Waals surface area contributed by atoms with Crippen molar-refractivity contribution in [2.24, 2.45) is 0 Å². The van der Waals surface area contributed by atoms with Gasteiger partial charge in [-0.3, -0.25) is 14.6 Å². The van der Waals surface area contributed by atoms with Crippen LogP contribution in [0.2, 0.25) is 0 Å². The van der Waals surface area contributed by atoms with Crippen LogP contribution in [0.1, 0.15) is 23.3 Å². The molecule has 1 aromatic rings. The van der Waals surface area contributed by atoms with E-state index in [0.717, 1.165) is 0 Å². The summed E-state index contributed by atoms with van der Waals surface area (Å²) >= 11 is 0. The number of carbonyl (C=O) groups excluding carboxylic acids is 2. The van der Waals surface area contributed by atoms with Crippen LogP contribution in [-0.2, 0) is 9.59 Å². The van der Waals surface area contributed by atoms with Crippen LogP contribution in [0.25, 0.3) is 0 Å². The Labute approximate surface area is 115 Å². The van der Waals surface area contributed by atoms with Gasteiger partial charge in [0.25, 0.3) is 5.91 Å². The van der Waals surface area contributed by atoms with Crippen molar-refractivity contribution >= 4 is 17.8 Å². The lowest BCUT2D eigenvalue weighted by Gasteiger charge is -2.21. The standard InChI is InChI=1S/C13H15N3O4/c17-11(16-7-3-5-10(16)13(19)20)8-15-12(18)9-4-1-2-6-14-9/h1-2,4,6,10H,3,5,7-8H2,(H,15,18)(H,19,20)/t10-/m0/s1. The monoisotopic (exact) mass is 277 g/mol. The molecule has 1 fully saturated rings. The van der Waals surface area contributed by atoms with Crippen LogP contribution in [0.5, 0.6) is 0 Å². The lowest BCUT2D eigenvalue weighted by molar-refractivity contribution is -0.147. The molecule has 20 heavy (non-hydrogen) atoms. The minimum atomic E-state index is -1.01. The number of rotatable bonds is 4. The highest BCUT2D eigenvalue weighted by atomic mass is 16.4. The summed E-state index contributed by atoms with van der Waals surface area (Å²) < 4.78 is 0. The number of aromatic nitrogens is 1. The Bertz CT molecular complexity index is 518. The summed E-state index contributed by atoms with van der Waals surface area (Å²) in [5, 5.41) is 11.4.